The average Bonchev–Trinajstić information content (AvgIpc) is 3.56. The van der Waals surface area contributed by atoms with Gasteiger partial charge in [0.1, 0.15) is 0 Å². The number of rotatable bonds is 8. The summed E-state index contributed by atoms with van der Waals surface area (Å²) in [6, 6.07) is 27.1. The Kier molecular flexibility index (Phi) is 8.01. The van der Waals surface area contributed by atoms with Crippen molar-refractivity contribution in [2.24, 2.45) is 0 Å². The van der Waals surface area contributed by atoms with Crippen LogP contribution in [-0.4, -0.2) is 9.13 Å². The maximum atomic E-state index is 13.2. The SMILES string of the molecule is CCCCn1c2ccc(-c3ccc(C(F)(F)F)cc3)cc2c2ccc3c4cc(-c5ccc(C(F)(F)F)cc5)ccc4n(CCCC)c3c21. The molecule has 0 saturated heterocycles. The maximum Gasteiger partial charge on any atom is 0.416 e. The lowest BCUT2D eigenvalue weighted by molar-refractivity contribution is -0.138. The minimum absolute atomic E-state index is 0.674. The molecule has 0 atom stereocenters. The molecule has 5 aromatic carbocycles. The Balaban J connectivity index is 1.46. The van der Waals surface area contributed by atoms with Gasteiger partial charge in [0.2, 0.25) is 0 Å². The van der Waals surface area contributed by atoms with E-state index in [-0.39, 0.29) is 0 Å². The van der Waals surface area contributed by atoms with Crippen LogP contribution in [0.4, 0.5) is 26.3 Å². The van der Waals surface area contributed by atoms with Crippen molar-refractivity contribution in [2.75, 3.05) is 0 Å². The molecular weight excluding hydrogens is 622 g/mol. The van der Waals surface area contributed by atoms with E-state index in [0.29, 0.717) is 11.1 Å². The number of unbranched alkanes of at least 4 members (excludes halogenated alkanes) is 2. The molecule has 0 spiro atoms. The molecule has 0 amide bonds. The number of hydrogen-bond donors (Lipinski definition) is 0. The normalized spacial score (nSPS) is 12.7. The van der Waals surface area contributed by atoms with Gasteiger partial charge in [0, 0.05) is 45.7 Å². The van der Waals surface area contributed by atoms with Gasteiger partial charge in [-0.25, -0.2) is 0 Å². The highest BCUT2D eigenvalue weighted by Crippen LogP contribution is 2.42. The summed E-state index contributed by atoms with van der Waals surface area (Å²) in [4.78, 5) is 0. The molecule has 8 heteroatoms. The average molecular weight is 657 g/mol. The summed E-state index contributed by atoms with van der Waals surface area (Å²) in [5.41, 5.74) is 6.14. The smallest absolute Gasteiger partial charge is 0.339 e. The monoisotopic (exact) mass is 656 g/mol. The van der Waals surface area contributed by atoms with Crippen LogP contribution in [0.5, 0.6) is 0 Å². The van der Waals surface area contributed by atoms with E-state index in [1.165, 1.54) is 24.3 Å². The molecule has 0 aliphatic rings. The van der Waals surface area contributed by atoms with Gasteiger partial charge < -0.3 is 9.13 Å². The largest absolute Gasteiger partial charge is 0.416 e. The van der Waals surface area contributed by atoms with Crippen LogP contribution in [0.3, 0.4) is 0 Å². The molecule has 2 nitrogen and oxygen atoms in total. The second-order valence-electron chi connectivity index (χ2n) is 12.5. The molecular formula is C40H34F6N2. The third kappa shape index (κ3) is 5.51. The fraction of sp³-hybridized carbons (Fsp3) is 0.250. The van der Waals surface area contributed by atoms with Crippen LogP contribution in [0.25, 0.3) is 65.9 Å². The van der Waals surface area contributed by atoms with Crippen molar-refractivity contribution in [1.82, 2.24) is 9.13 Å². The van der Waals surface area contributed by atoms with Gasteiger partial charge in [-0.2, -0.15) is 26.3 Å². The van der Waals surface area contributed by atoms with E-state index in [1.807, 2.05) is 12.1 Å². The van der Waals surface area contributed by atoms with Crippen LogP contribution < -0.4 is 0 Å². The Labute approximate surface area is 274 Å². The summed E-state index contributed by atoms with van der Waals surface area (Å²) in [6.07, 6.45) is -4.82. The summed E-state index contributed by atoms with van der Waals surface area (Å²) in [6.45, 7) is 5.93. The molecule has 2 heterocycles. The lowest BCUT2D eigenvalue weighted by Gasteiger charge is -2.12. The van der Waals surface area contributed by atoms with Crippen molar-refractivity contribution in [3.8, 4) is 22.3 Å². The number of aryl methyl sites for hydroxylation is 2. The highest BCUT2D eigenvalue weighted by atomic mass is 19.4. The number of nitrogens with zero attached hydrogens (tertiary/aromatic N) is 2. The summed E-state index contributed by atoms with van der Waals surface area (Å²) in [5.74, 6) is 0. The standard InChI is InChI=1S/C40H34F6N2/c1-3-5-21-47-35-19-11-27(25-7-13-29(14-8-25)39(41,42)43)23-33(35)31-17-18-32-34-24-28(26-9-15-30(16-10-26)40(44,45)46)12-20-36(34)48(22-6-4-2)38(32)37(31)47/h7-20,23-24H,3-6,21-22H2,1-2H3. The molecule has 0 saturated carbocycles. The molecule has 0 fully saturated rings. The van der Waals surface area contributed by atoms with E-state index in [4.69, 9.17) is 0 Å². The molecule has 0 aliphatic heterocycles. The van der Waals surface area contributed by atoms with E-state index >= 15 is 0 Å². The number of alkyl halides is 6. The minimum Gasteiger partial charge on any atom is -0.339 e. The van der Waals surface area contributed by atoms with Crippen LogP contribution in [0.1, 0.15) is 50.7 Å². The number of hydrogen-bond acceptors (Lipinski definition) is 0. The van der Waals surface area contributed by atoms with Crippen molar-refractivity contribution in [2.45, 2.75) is 65.0 Å². The second-order valence-corrected chi connectivity index (χ2v) is 12.5. The summed E-state index contributed by atoms with van der Waals surface area (Å²) in [7, 11) is 0. The van der Waals surface area contributed by atoms with Crippen LogP contribution in [0.2, 0.25) is 0 Å². The summed E-state index contributed by atoms with van der Waals surface area (Å²) >= 11 is 0. The maximum absolute atomic E-state index is 13.2. The van der Waals surface area contributed by atoms with Crippen LogP contribution >= 0.6 is 0 Å². The third-order valence-electron chi connectivity index (χ3n) is 9.41. The van der Waals surface area contributed by atoms with Crippen LogP contribution in [-0.2, 0) is 25.4 Å². The molecule has 0 aliphatic carbocycles. The van der Waals surface area contributed by atoms with Gasteiger partial charge in [-0.15, -0.1) is 0 Å². The first-order valence-corrected chi connectivity index (χ1v) is 16.4. The van der Waals surface area contributed by atoms with E-state index in [0.717, 1.165) is 118 Å². The number of halogens is 6. The molecule has 7 aromatic rings. The number of fused-ring (bicyclic) bond motifs is 7. The number of aromatic nitrogens is 2. The molecule has 0 bridgehead atoms. The van der Waals surface area contributed by atoms with Gasteiger partial charge in [0.05, 0.1) is 22.2 Å². The second kappa shape index (κ2) is 12.1. The predicted octanol–water partition coefficient (Wildman–Crippen LogP) is 12.9. The quantitative estimate of drug-likeness (QED) is 0.144. The summed E-state index contributed by atoms with van der Waals surface area (Å²) < 4.78 is 84.2. The van der Waals surface area contributed by atoms with Gasteiger partial charge in [0.25, 0.3) is 0 Å². The molecule has 7 rings (SSSR count). The Morgan fingerprint density at radius 3 is 1.12 bits per heavy atom. The minimum atomic E-state index is -4.39. The van der Waals surface area contributed by atoms with Gasteiger partial charge in [-0.3, -0.25) is 0 Å². The van der Waals surface area contributed by atoms with Gasteiger partial charge in [-0.1, -0.05) is 75.2 Å². The zero-order valence-electron chi connectivity index (χ0n) is 26.6. The fourth-order valence-electron chi connectivity index (χ4n) is 6.94. The van der Waals surface area contributed by atoms with Crippen molar-refractivity contribution < 1.29 is 26.3 Å². The highest BCUT2D eigenvalue weighted by molar-refractivity contribution is 6.23. The zero-order chi connectivity index (χ0) is 33.8. The Hall–Kier alpha value is -4.72. The van der Waals surface area contributed by atoms with E-state index in [9.17, 15) is 26.3 Å². The molecule has 2 aromatic heterocycles. The topological polar surface area (TPSA) is 9.86 Å². The Morgan fingerprint density at radius 2 is 0.792 bits per heavy atom. The molecule has 0 radical (unpaired) electrons. The third-order valence-corrected chi connectivity index (χ3v) is 9.41. The first-order valence-electron chi connectivity index (χ1n) is 16.4. The molecule has 0 unspecified atom stereocenters. The highest BCUT2D eigenvalue weighted by Gasteiger charge is 2.31. The van der Waals surface area contributed by atoms with Crippen molar-refractivity contribution in [3.05, 3.63) is 108 Å². The first-order chi connectivity index (χ1) is 23.0. The van der Waals surface area contributed by atoms with Crippen LogP contribution in [0.15, 0.2) is 97.1 Å². The Morgan fingerprint density at radius 1 is 0.438 bits per heavy atom. The van der Waals surface area contributed by atoms with E-state index in [2.05, 4.69) is 59.4 Å². The zero-order valence-corrected chi connectivity index (χ0v) is 26.6. The lowest BCUT2D eigenvalue weighted by Crippen LogP contribution is -2.04. The van der Waals surface area contributed by atoms with Gasteiger partial charge in [-0.05, 0) is 83.6 Å². The van der Waals surface area contributed by atoms with Gasteiger partial charge in [0.15, 0.2) is 0 Å². The van der Waals surface area contributed by atoms with Crippen molar-refractivity contribution in [1.29, 1.82) is 0 Å². The first kappa shape index (κ1) is 31.9. The van der Waals surface area contributed by atoms with Crippen molar-refractivity contribution in [3.63, 3.8) is 0 Å². The molecule has 48 heavy (non-hydrogen) atoms. The lowest BCUT2D eigenvalue weighted by atomic mass is 10.00. The predicted molar refractivity (Wildman–Crippen MR) is 183 cm³/mol. The van der Waals surface area contributed by atoms with Gasteiger partial charge >= 0.3 is 12.4 Å². The van der Waals surface area contributed by atoms with Crippen molar-refractivity contribution >= 4 is 43.6 Å². The van der Waals surface area contributed by atoms with E-state index in [1.54, 1.807) is 0 Å². The summed E-state index contributed by atoms with van der Waals surface area (Å²) in [5, 5.41) is 4.23. The number of benzene rings is 5. The van der Waals surface area contributed by atoms with E-state index < -0.39 is 23.5 Å². The fourth-order valence-corrected chi connectivity index (χ4v) is 6.94. The molecule has 246 valence electrons. The Bertz CT molecular complexity index is 2100. The van der Waals surface area contributed by atoms with Crippen LogP contribution in [0, 0.1) is 0 Å². The molecule has 0 N–H and O–H groups in total.